The van der Waals surface area contributed by atoms with Crippen LogP contribution >= 0.6 is 34.7 Å². The molecule has 0 fully saturated rings. The summed E-state index contributed by atoms with van der Waals surface area (Å²) in [6.45, 7) is 0.548. The number of rotatable bonds is 8. The number of thioether (sulfide) groups is 1. The van der Waals surface area contributed by atoms with Crippen LogP contribution in [0.2, 0.25) is 5.02 Å². The molecule has 0 aliphatic carbocycles. The molecule has 7 nitrogen and oxygen atoms in total. The number of aromatic nitrogens is 3. The maximum Gasteiger partial charge on any atom is 0.251 e. The highest BCUT2D eigenvalue weighted by atomic mass is 35.5. The lowest BCUT2D eigenvalue weighted by molar-refractivity contribution is -0.113. The molecule has 162 valence electrons. The summed E-state index contributed by atoms with van der Waals surface area (Å²) in [5.41, 5.74) is 7.59. The summed E-state index contributed by atoms with van der Waals surface area (Å²) < 4.78 is 1.97. The predicted molar refractivity (Wildman–Crippen MR) is 128 cm³/mol. The molecule has 0 atom stereocenters. The minimum Gasteiger partial charge on any atom is -0.366 e. The first-order valence-electron chi connectivity index (χ1n) is 9.54. The fourth-order valence-corrected chi connectivity index (χ4v) is 4.68. The van der Waals surface area contributed by atoms with E-state index < -0.39 is 5.91 Å². The topological polar surface area (TPSA) is 103 Å². The molecule has 3 N–H and O–H groups in total. The van der Waals surface area contributed by atoms with E-state index in [-0.39, 0.29) is 11.7 Å². The zero-order valence-electron chi connectivity index (χ0n) is 16.7. The number of hydrogen-bond acceptors (Lipinski definition) is 6. The summed E-state index contributed by atoms with van der Waals surface area (Å²) in [4.78, 5) is 24.0. The molecule has 2 aromatic heterocycles. The lowest BCUT2D eigenvalue weighted by Crippen LogP contribution is -2.18. The Kier molecular flexibility index (Phi) is 6.89. The number of anilines is 1. The first-order valence-corrected chi connectivity index (χ1v) is 11.8. The number of nitrogens with two attached hydrogens (primary N) is 1. The number of benzene rings is 2. The van der Waals surface area contributed by atoms with E-state index >= 15 is 0 Å². The second-order valence-corrected chi connectivity index (χ2v) is 9.04. The van der Waals surface area contributed by atoms with Gasteiger partial charge in [0, 0.05) is 10.6 Å². The summed E-state index contributed by atoms with van der Waals surface area (Å²) >= 11 is 8.55. The molecular weight excluding hydrogens is 466 g/mol. The molecule has 0 aliphatic rings. The van der Waals surface area contributed by atoms with E-state index in [2.05, 4.69) is 15.5 Å². The van der Waals surface area contributed by atoms with Gasteiger partial charge in [-0.25, -0.2) is 0 Å². The molecule has 0 saturated heterocycles. The van der Waals surface area contributed by atoms with Gasteiger partial charge in [-0.05, 0) is 41.3 Å². The third-order valence-corrected chi connectivity index (χ3v) is 6.57. The Labute approximate surface area is 197 Å². The Hall–Kier alpha value is -3.14. The van der Waals surface area contributed by atoms with Crippen LogP contribution in [-0.4, -0.2) is 32.3 Å². The Morgan fingerprint density at radius 1 is 1.06 bits per heavy atom. The van der Waals surface area contributed by atoms with Gasteiger partial charge in [0.1, 0.15) is 5.00 Å². The summed E-state index contributed by atoms with van der Waals surface area (Å²) in [7, 11) is 0. The zero-order valence-corrected chi connectivity index (χ0v) is 19.1. The number of carbonyl (C=O) groups excluding carboxylic acids is 2. The van der Waals surface area contributed by atoms with Gasteiger partial charge in [-0.1, -0.05) is 53.7 Å². The van der Waals surface area contributed by atoms with Gasteiger partial charge in [0.25, 0.3) is 5.91 Å². The number of thiophene rings is 1. The van der Waals surface area contributed by atoms with Crippen LogP contribution in [0.4, 0.5) is 5.00 Å². The monoisotopic (exact) mass is 483 g/mol. The lowest BCUT2D eigenvalue weighted by atomic mass is 10.2. The lowest BCUT2D eigenvalue weighted by Gasteiger charge is -2.11. The molecule has 0 bridgehead atoms. The molecule has 2 heterocycles. The van der Waals surface area contributed by atoms with Crippen LogP contribution in [0, 0.1) is 0 Å². The number of halogens is 1. The summed E-state index contributed by atoms with van der Waals surface area (Å²) in [6, 6.07) is 18.9. The molecule has 0 aliphatic heterocycles. The fraction of sp³-hybridized carbons (Fsp3) is 0.0909. The van der Waals surface area contributed by atoms with Crippen molar-refractivity contribution in [3.8, 4) is 11.4 Å². The number of nitrogens with zero attached hydrogens (tertiary/aromatic N) is 3. The maximum absolute atomic E-state index is 12.5. The Bertz CT molecular complexity index is 1240. The van der Waals surface area contributed by atoms with Crippen molar-refractivity contribution in [2.45, 2.75) is 11.7 Å². The standard InChI is InChI=1S/C22H18ClN5O2S2/c23-16-8-6-15(7-9-16)20-26-27-22(28(20)12-14-4-2-1-3-5-14)32-13-18(29)25-21-17(19(24)30)10-11-31-21/h1-11H,12-13H2,(H2,24,30)(H,25,29). The van der Waals surface area contributed by atoms with E-state index in [0.717, 1.165) is 11.1 Å². The Morgan fingerprint density at radius 3 is 2.53 bits per heavy atom. The molecule has 0 spiro atoms. The van der Waals surface area contributed by atoms with Crippen molar-refractivity contribution in [3.05, 3.63) is 82.2 Å². The van der Waals surface area contributed by atoms with E-state index in [1.165, 1.54) is 23.1 Å². The van der Waals surface area contributed by atoms with Crippen molar-refractivity contribution >= 4 is 51.5 Å². The van der Waals surface area contributed by atoms with Crippen molar-refractivity contribution in [2.75, 3.05) is 11.1 Å². The minimum atomic E-state index is -0.579. The molecular formula is C22H18ClN5O2S2. The van der Waals surface area contributed by atoms with Gasteiger partial charge in [0.2, 0.25) is 5.91 Å². The van der Waals surface area contributed by atoms with Crippen LogP contribution in [0.15, 0.2) is 71.2 Å². The fourth-order valence-electron chi connectivity index (χ4n) is 3.01. The molecule has 0 saturated carbocycles. The maximum atomic E-state index is 12.5. The van der Waals surface area contributed by atoms with Gasteiger partial charge >= 0.3 is 0 Å². The van der Waals surface area contributed by atoms with Gasteiger partial charge in [-0.2, -0.15) is 0 Å². The van der Waals surface area contributed by atoms with Crippen LogP contribution in [0.1, 0.15) is 15.9 Å². The number of primary amides is 1. The molecule has 0 unspecified atom stereocenters. The average Bonchev–Trinajstić information content (AvgIpc) is 3.41. The van der Waals surface area contributed by atoms with E-state index in [0.29, 0.717) is 33.1 Å². The third kappa shape index (κ3) is 5.18. The Balaban J connectivity index is 1.55. The number of nitrogens with one attached hydrogen (secondary N) is 1. The van der Waals surface area contributed by atoms with Crippen molar-refractivity contribution in [1.29, 1.82) is 0 Å². The van der Waals surface area contributed by atoms with E-state index in [1.54, 1.807) is 23.6 Å². The molecule has 32 heavy (non-hydrogen) atoms. The molecule has 2 amide bonds. The average molecular weight is 484 g/mol. The first kappa shape index (κ1) is 22.1. The Morgan fingerprint density at radius 2 is 1.81 bits per heavy atom. The zero-order chi connectivity index (χ0) is 22.5. The number of carbonyl (C=O) groups is 2. The molecule has 4 rings (SSSR count). The van der Waals surface area contributed by atoms with E-state index in [9.17, 15) is 9.59 Å². The van der Waals surface area contributed by atoms with Crippen molar-refractivity contribution in [1.82, 2.24) is 14.8 Å². The van der Waals surface area contributed by atoms with Gasteiger partial charge in [-0.15, -0.1) is 21.5 Å². The highest BCUT2D eigenvalue weighted by Gasteiger charge is 2.18. The van der Waals surface area contributed by atoms with Crippen LogP contribution in [0.3, 0.4) is 0 Å². The van der Waals surface area contributed by atoms with Gasteiger partial charge < -0.3 is 11.1 Å². The predicted octanol–water partition coefficient (Wildman–Crippen LogP) is 4.54. The highest BCUT2D eigenvalue weighted by molar-refractivity contribution is 7.99. The third-order valence-electron chi connectivity index (χ3n) is 4.52. The number of amides is 2. The van der Waals surface area contributed by atoms with Crippen LogP contribution in [0.5, 0.6) is 0 Å². The second-order valence-electron chi connectivity index (χ2n) is 6.75. The smallest absolute Gasteiger partial charge is 0.251 e. The SMILES string of the molecule is NC(=O)c1ccsc1NC(=O)CSc1nnc(-c2ccc(Cl)cc2)n1Cc1ccccc1. The highest BCUT2D eigenvalue weighted by Crippen LogP contribution is 2.27. The minimum absolute atomic E-state index is 0.101. The quantitative estimate of drug-likeness (QED) is 0.358. The van der Waals surface area contributed by atoms with Crippen molar-refractivity contribution in [2.24, 2.45) is 5.73 Å². The van der Waals surface area contributed by atoms with E-state index in [1.807, 2.05) is 47.0 Å². The second kappa shape index (κ2) is 9.99. The van der Waals surface area contributed by atoms with Gasteiger partial charge in [-0.3, -0.25) is 14.2 Å². The normalized spacial score (nSPS) is 10.8. The molecule has 2 aromatic carbocycles. The van der Waals surface area contributed by atoms with Crippen LogP contribution in [-0.2, 0) is 11.3 Å². The van der Waals surface area contributed by atoms with Gasteiger partial charge in [0.15, 0.2) is 11.0 Å². The van der Waals surface area contributed by atoms with E-state index in [4.69, 9.17) is 17.3 Å². The summed E-state index contributed by atoms with van der Waals surface area (Å²) in [5.74, 6) is -0.0572. The summed E-state index contributed by atoms with van der Waals surface area (Å²) in [6.07, 6.45) is 0. The van der Waals surface area contributed by atoms with Crippen molar-refractivity contribution in [3.63, 3.8) is 0 Å². The largest absolute Gasteiger partial charge is 0.366 e. The van der Waals surface area contributed by atoms with Crippen LogP contribution < -0.4 is 11.1 Å². The summed E-state index contributed by atoms with van der Waals surface area (Å²) in [5, 5.41) is 14.8. The first-order chi connectivity index (χ1) is 15.5. The molecule has 10 heteroatoms. The molecule has 4 aromatic rings. The van der Waals surface area contributed by atoms with Crippen LogP contribution in [0.25, 0.3) is 11.4 Å². The van der Waals surface area contributed by atoms with Crippen molar-refractivity contribution < 1.29 is 9.59 Å². The number of hydrogen-bond donors (Lipinski definition) is 2. The van der Waals surface area contributed by atoms with Gasteiger partial charge in [0.05, 0.1) is 17.9 Å². The molecule has 0 radical (unpaired) electrons.